The van der Waals surface area contributed by atoms with Crippen molar-refractivity contribution in [1.82, 2.24) is 0 Å². The van der Waals surface area contributed by atoms with E-state index in [0.29, 0.717) is 16.9 Å². The molecular formula is C19H20O6S. The summed E-state index contributed by atoms with van der Waals surface area (Å²) in [6.07, 6.45) is 1.13. The van der Waals surface area contributed by atoms with Crippen LogP contribution in [0.25, 0.3) is 0 Å². The summed E-state index contributed by atoms with van der Waals surface area (Å²) in [4.78, 5) is 23.6. The molecule has 0 aliphatic rings. The summed E-state index contributed by atoms with van der Waals surface area (Å²) in [5.41, 5.74) is 1.26. The van der Waals surface area contributed by atoms with Crippen molar-refractivity contribution < 1.29 is 27.5 Å². The number of hydrogen-bond donors (Lipinski definition) is 0. The van der Waals surface area contributed by atoms with E-state index in [4.69, 9.17) is 9.47 Å². The van der Waals surface area contributed by atoms with Gasteiger partial charge in [-0.05, 0) is 36.8 Å². The number of sulfone groups is 1. The maximum absolute atomic E-state index is 12.1. The Hall–Kier alpha value is -2.67. The van der Waals surface area contributed by atoms with Crippen molar-refractivity contribution in [1.29, 1.82) is 0 Å². The van der Waals surface area contributed by atoms with Gasteiger partial charge in [0.25, 0.3) is 0 Å². The molecule has 0 N–H and O–H groups in total. The van der Waals surface area contributed by atoms with Gasteiger partial charge < -0.3 is 9.47 Å². The summed E-state index contributed by atoms with van der Waals surface area (Å²) in [5.74, 6) is -0.380. The number of carbonyl (C=O) groups excluding carboxylic acids is 2. The molecule has 2 rings (SSSR count). The van der Waals surface area contributed by atoms with E-state index < -0.39 is 15.8 Å². The van der Waals surface area contributed by atoms with Crippen LogP contribution in [0.5, 0.6) is 5.75 Å². The molecule has 0 unspecified atom stereocenters. The quantitative estimate of drug-likeness (QED) is 0.400. The highest BCUT2D eigenvalue weighted by molar-refractivity contribution is 7.89. The van der Waals surface area contributed by atoms with E-state index in [1.165, 1.54) is 13.0 Å². The first kappa shape index (κ1) is 19.7. The molecule has 0 radical (unpaired) electrons. The Bertz CT molecular complexity index is 902. The fraction of sp³-hybridized carbons (Fsp3) is 0.263. The highest BCUT2D eigenvalue weighted by atomic mass is 32.2. The van der Waals surface area contributed by atoms with E-state index >= 15 is 0 Å². The van der Waals surface area contributed by atoms with E-state index in [2.05, 4.69) is 0 Å². The average Bonchev–Trinajstić information content (AvgIpc) is 2.57. The first-order valence-corrected chi connectivity index (χ1v) is 9.99. The molecule has 2 aromatic carbocycles. The molecule has 138 valence electrons. The second-order valence-corrected chi connectivity index (χ2v) is 7.95. The van der Waals surface area contributed by atoms with Crippen molar-refractivity contribution in [2.75, 3.05) is 19.5 Å². The third-order valence-electron chi connectivity index (χ3n) is 3.43. The Balaban J connectivity index is 1.90. The summed E-state index contributed by atoms with van der Waals surface area (Å²) in [6, 6.07) is 13.1. The van der Waals surface area contributed by atoms with Crippen LogP contribution in [0.2, 0.25) is 0 Å². The molecule has 0 fully saturated rings. The number of benzene rings is 2. The zero-order valence-corrected chi connectivity index (χ0v) is 15.4. The SMILES string of the molecule is CC(=O)c1ccccc1OCCOC(=O)c1cccc(CS(C)(=O)=O)c1. The number of rotatable bonds is 8. The maximum Gasteiger partial charge on any atom is 0.338 e. The van der Waals surface area contributed by atoms with Gasteiger partial charge in [-0.15, -0.1) is 0 Å². The number of esters is 1. The van der Waals surface area contributed by atoms with Crippen LogP contribution in [0.15, 0.2) is 48.5 Å². The molecule has 0 saturated heterocycles. The average molecular weight is 376 g/mol. The molecule has 0 amide bonds. The zero-order chi connectivity index (χ0) is 19.2. The molecule has 0 aliphatic heterocycles. The summed E-state index contributed by atoms with van der Waals surface area (Å²) >= 11 is 0. The van der Waals surface area contributed by atoms with Gasteiger partial charge in [0.2, 0.25) is 0 Å². The molecule has 0 spiro atoms. The Kier molecular flexibility index (Phi) is 6.52. The molecule has 0 atom stereocenters. The first-order chi connectivity index (χ1) is 12.3. The number of para-hydroxylation sites is 1. The van der Waals surface area contributed by atoms with Gasteiger partial charge in [0.15, 0.2) is 15.6 Å². The first-order valence-electron chi connectivity index (χ1n) is 7.93. The monoisotopic (exact) mass is 376 g/mol. The second kappa shape index (κ2) is 8.62. The summed E-state index contributed by atoms with van der Waals surface area (Å²) in [7, 11) is -3.18. The van der Waals surface area contributed by atoms with Gasteiger partial charge >= 0.3 is 5.97 Å². The van der Waals surface area contributed by atoms with Crippen LogP contribution in [0.4, 0.5) is 0 Å². The Labute approximate surface area is 152 Å². The van der Waals surface area contributed by atoms with Crippen molar-refractivity contribution in [2.24, 2.45) is 0 Å². The smallest absolute Gasteiger partial charge is 0.338 e. The van der Waals surface area contributed by atoms with Crippen molar-refractivity contribution in [3.63, 3.8) is 0 Å². The maximum atomic E-state index is 12.1. The molecule has 26 heavy (non-hydrogen) atoms. The highest BCUT2D eigenvalue weighted by Gasteiger charge is 2.11. The minimum Gasteiger partial charge on any atom is -0.489 e. The summed E-state index contributed by atoms with van der Waals surface area (Å²) < 4.78 is 33.3. The van der Waals surface area contributed by atoms with Gasteiger partial charge in [-0.3, -0.25) is 4.79 Å². The molecule has 0 saturated carbocycles. The molecule has 0 bridgehead atoms. The highest BCUT2D eigenvalue weighted by Crippen LogP contribution is 2.18. The van der Waals surface area contributed by atoms with E-state index in [9.17, 15) is 18.0 Å². The molecule has 0 aromatic heterocycles. The van der Waals surface area contributed by atoms with E-state index in [-0.39, 0.29) is 30.3 Å². The van der Waals surface area contributed by atoms with Crippen LogP contribution >= 0.6 is 0 Å². The fourth-order valence-electron chi connectivity index (χ4n) is 2.34. The van der Waals surface area contributed by atoms with Crippen LogP contribution in [-0.2, 0) is 20.3 Å². The third-order valence-corrected chi connectivity index (χ3v) is 4.29. The number of hydrogen-bond acceptors (Lipinski definition) is 6. The van der Waals surface area contributed by atoms with E-state index in [0.717, 1.165) is 6.26 Å². The van der Waals surface area contributed by atoms with Gasteiger partial charge in [-0.2, -0.15) is 0 Å². The standard InChI is InChI=1S/C19H20O6S/c1-14(20)17-8-3-4-9-18(17)24-10-11-25-19(21)16-7-5-6-15(12-16)13-26(2,22)23/h3-9,12H,10-11,13H2,1-2H3. The van der Waals surface area contributed by atoms with Crippen LogP contribution in [0, 0.1) is 0 Å². The molecule has 0 heterocycles. The predicted octanol–water partition coefficient (Wildman–Crippen LogP) is 2.67. The summed E-state index contributed by atoms with van der Waals surface area (Å²) in [5, 5.41) is 0. The number of ether oxygens (including phenoxy) is 2. The minimum absolute atomic E-state index is 0.00137. The number of Topliss-reactive ketones (excluding diaryl/α,β-unsaturated/α-hetero) is 1. The molecular weight excluding hydrogens is 356 g/mol. The molecule has 2 aromatic rings. The van der Waals surface area contributed by atoms with Crippen LogP contribution in [-0.4, -0.2) is 39.6 Å². The molecule has 0 aliphatic carbocycles. The van der Waals surface area contributed by atoms with Crippen LogP contribution in [0.1, 0.15) is 33.2 Å². The van der Waals surface area contributed by atoms with Crippen molar-refractivity contribution in [3.8, 4) is 5.75 Å². The van der Waals surface area contributed by atoms with Gasteiger partial charge in [0, 0.05) is 6.26 Å². The van der Waals surface area contributed by atoms with Gasteiger partial charge in [-0.25, -0.2) is 13.2 Å². The van der Waals surface area contributed by atoms with Gasteiger partial charge in [0.05, 0.1) is 16.9 Å². The fourth-order valence-corrected chi connectivity index (χ4v) is 3.13. The largest absolute Gasteiger partial charge is 0.489 e. The normalized spacial score (nSPS) is 11.0. The lowest BCUT2D eigenvalue weighted by atomic mass is 10.1. The lowest BCUT2D eigenvalue weighted by Crippen LogP contribution is -2.13. The lowest BCUT2D eigenvalue weighted by molar-refractivity contribution is 0.0449. The van der Waals surface area contributed by atoms with Gasteiger partial charge in [-0.1, -0.05) is 24.3 Å². The lowest BCUT2D eigenvalue weighted by Gasteiger charge is -2.10. The van der Waals surface area contributed by atoms with E-state index in [1.807, 2.05) is 0 Å². The topological polar surface area (TPSA) is 86.7 Å². The Morgan fingerprint density at radius 2 is 1.73 bits per heavy atom. The van der Waals surface area contributed by atoms with Gasteiger partial charge in [0.1, 0.15) is 19.0 Å². The Morgan fingerprint density at radius 1 is 1.00 bits per heavy atom. The van der Waals surface area contributed by atoms with Crippen LogP contribution < -0.4 is 4.74 Å². The Morgan fingerprint density at radius 3 is 2.42 bits per heavy atom. The summed E-state index contributed by atoms with van der Waals surface area (Å²) in [6.45, 7) is 1.55. The van der Waals surface area contributed by atoms with Crippen molar-refractivity contribution in [2.45, 2.75) is 12.7 Å². The van der Waals surface area contributed by atoms with E-state index in [1.54, 1.807) is 42.5 Å². The van der Waals surface area contributed by atoms with Crippen molar-refractivity contribution >= 4 is 21.6 Å². The van der Waals surface area contributed by atoms with Crippen molar-refractivity contribution in [3.05, 3.63) is 65.2 Å². The second-order valence-electron chi connectivity index (χ2n) is 5.81. The minimum atomic E-state index is -3.18. The predicted molar refractivity (Wildman–Crippen MR) is 97.2 cm³/mol. The number of ketones is 1. The molecule has 7 heteroatoms. The number of carbonyl (C=O) groups is 2. The third kappa shape index (κ3) is 6.00. The molecule has 6 nitrogen and oxygen atoms in total. The van der Waals surface area contributed by atoms with Crippen LogP contribution in [0.3, 0.4) is 0 Å². The zero-order valence-electron chi connectivity index (χ0n) is 14.6.